The van der Waals surface area contributed by atoms with Crippen molar-refractivity contribution in [2.75, 3.05) is 6.61 Å². The number of carbonyl (C=O) groups excluding carboxylic acids is 2. The van der Waals surface area contributed by atoms with Gasteiger partial charge in [-0.3, -0.25) is 9.59 Å². The van der Waals surface area contributed by atoms with E-state index in [2.05, 4.69) is 16.7 Å². The van der Waals surface area contributed by atoms with Crippen LogP contribution >= 0.6 is 0 Å². The molecule has 1 aromatic rings. The molecule has 7 nitrogen and oxygen atoms in total. The van der Waals surface area contributed by atoms with E-state index in [1.807, 2.05) is 0 Å². The molecule has 1 aromatic carbocycles. The van der Waals surface area contributed by atoms with Gasteiger partial charge in [-0.1, -0.05) is 39.0 Å². The zero-order valence-corrected chi connectivity index (χ0v) is 15.5. The van der Waals surface area contributed by atoms with Gasteiger partial charge in [-0.15, -0.1) is 0 Å². The summed E-state index contributed by atoms with van der Waals surface area (Å²) in [6, 6.07) is 2.54. The summed E-state index contributed by atoms with van der Waals surface area (Å²) in [5.41, 5.74) is 0.380. The first-order chi connectivity index (χ1) is 12.6. The standard InChI is InChI=1S/C19H28O7/c1-3-5-6-7-8-9-10-16(20)19-14(12-18(21)24-4-2)11-15(25-22)13-17(19)26-23/h11,13,22-23H,3-10,12H2,1-2H3. The first-order valence-corrected chi connectivity index (χ1v) is 9.05. The summed E-state index contributed by atoms with van der Waals surface area (Å²) in [6.07, 6.45) is 6.28. The fourth-order valence-electron chi connectivity index (χ4n) is 2.78. The van der Waals surface area contributed by atoms with Crippen LogP contribution in [-0.2, 0) is 16.0 Å². The Balaban J connectivity index is 2.91. The van der Waals surface area contributed by atoms with E-state index >= 15 is 0 Å². The molecule has 1 rings (SSSR count). The van der Waals surface area contributed by atoms with Gasteiger partial charge in [0.1, 0.15) is 0 Å². The maximum atomic E-state index is 12.6. The molecule has 26 heavy (non-hydrogen) atoms. The Morgan fingerprint density at radius 2 is 1.65 bits per heavy atom. The van der Waals surface area contributed by atoms with Gasteiger partial charge in [0.05, 0.1) is 18.6 Å². The fraction of sp³-hybridized carbons (Fsp3) is 0.579. The van der Waals surface area contributed by atoms with Crippen molar-refractivity contribution in [1.29, 1.82) is 0 Å². The summed E-state index contributed by atoms with van der Waals surface area (Å²) in [5.74, 6) is -0.982. The molecule has 7 heteroatoms. The Kier molecular flexibility index (Phi) is 10.3. The minimum Gasteiger partial charge on any atom is -0.466 e. The maximum Gasteiger partial charge on any atom is 0.310 e. The van der Waals surface area contributed by atoms with Gasteiger partial charge in [-0.2, -0.15) is 0 Å². The lowest BCUT2D eigenvalue weighted by Gasteiger charge is -2.13. The third kappa shape index (κ3) is 7.01. The second-order valence-electron chi connectivity index (χ2n) is 6.06. The van der Waals surface area contributed by atoms with E-state index in [0.29, 0.717) is 6.42 Å². The van der Waals surface area contributed by atoms with Gasteiger partial charge in [-0.05, 0) is 25.0 Å². The Labute approximate surface area is 153 Å². The van der Waals surface area contributed by atoms with Crippen LogP contribution in [0.1, 0.15) is 74.7 Å². The first kappa shape index (κ1) is 21.9. The molecular formula is C19H28O7. The van der Waals surface area contributed by atoms with E-state index in [-0.39, 0.29) is 47.9 Å². The second kappa shape index (κ2) is 12.3. The average Bonchev–Trinajstić information content (AvgIpc) is 2.63. The van der Waals surface area contributed by atoms with Crippen LogP contribution in [0.15, 0.2) is 12.1 Å². The van der Waals surface area contributed by atoms with Crippen LogP contribution in [0.3, 0.4) is 0 Å². The molecular weight excluding hydrogens is 340 g/mol. The van der Waals surface area contributed by atoms with Gasteiger partial charge in [-0.25, -0.2) is 10.5 Å². The lowest BCUT2D eigenvalue weighted by molar-refractivity contribution is -0.145. The molecule has 0 aromatic heterocycles. The van der Waals surface area contributed by atoms with Gasteiger partial charge < -0.3 is 14.5 Å². The molecule has 0 saturated carbocycles. The van der Waals surface area contributed by atoms with Gasteiger partial charge in [0.2, 0.25) is 0 Å². The normalized spacial score (nSPS) is 10.5. The molecule has 0 saturated heterocycles. The number of hydrogen-bond acceptors (Lipinski definition) is 7. The SMILES string of the molecule is CCCCCCCCC(=O)c1c(CC(=O)OCC)cc(OO)cc1OO. The largest absolute Gasteiger partial charge is 0.466 e. The first-order valence-electron chi connectivity index (χ1n) is 9.05. The van der Waals surface area contributed by atoms with Gasteiger partial charge in [0.15, 0.2) is 17.3 Å². The zero-order chi connectivity index (χ0) is 19.4. The third-order valence-corrected chi connectivity index (χ3v) is 4.04. The number of unbranched alkanes of at least 4 members (excludes halogenated alkanes) is 5. The highest BCUT2D eigenvalue weighted by molar-refractivity contribution is 6.01. The summed E-state index contributed by atoms with van der Waals surface area (Å²) < 4.78 is 4.91. The smallest absolute Gasteiger partial charge is 0.310 e. The van der Waals surface area contributed by atoms with Crippen LogP contribution in [0.4, 0.5) is 0 Å². The summed E-state index contributed by atoms with van der Waals surface area (Å²) >= 11 is 0. The molecule has 0 aliphatic carbocycles. The average molecular weight is 368 g/mol. The number of rotatable bonds is 13. The van der Waals surface area contributed by atoms with E-state index < -0.39 is 5.97 Å². The van der Waals surface area contributed by atoms with E-state index in [1.54, 1.807) is 6.92 Å². The summed E-state index contributed by atoms with van der Waals surface area (Å²) in [6.45, 7) is 4.03. The van der Waals surface area contributed by atoms with Crippen molar-refractivity contribution >= 4 is 11.8 Å². The summed E-state index contributed by atoms with van der Waals surface area (Å²) in [4.78, 5) is 32.9. The highest BCUT2D eigenvalue weighted by Gasteiger charge is 2.22. The molecule has 0 bridgehead atoms. The number of hydrogen-bond donors (Lipinski definition) is 2. The molecule has 0 aliphatic heterocycles. The van der Waals surface area contributed by atoms with Crippen LogP contribution in [0.25, 0.3) is 0 Å². The molecule has 0 fully saturated rings. The Morgan fingerprint density at radius 1 is 0.962 bits per heavy atom. The lowest BCUT2D eigenvalue weighted by Crippen LogP contribution is -2.13. The molecule has 0 spiro atoms. The summed E-state index contributed by atoms with van der Waals surface area (Å²) in [5, 5.41) is 18.0. The molecule has 0 aliphatic rings. The monoisotopic (exact) mass is 368 g/mol. The highest BCUT2D eigenvalue weighted by Crippen LogP contribution is 2.31. The van der Waals surface area contributed by atoms with E-state index in [1.165, 1.54) is 18.6 Å². The van der Waals surface area contributed by atoms with Crippen LogP contribution in [-0.4, -0.2) is 28.9 Å². The number of ketones is 1. The number of ether oxygens (including phenoxy) is 1. The number of Topliss-reactive ketones (excluding diaryl/α,β-unsaturated/α-hetero) is 1. The topological polar surface area (TPSA) is 102 Å². The van der Waals surface area contributed by atoms with Crippen LogP contribution < -0.4 is 9.78 Å². The number of carbonyl (C=O) groups is 2. The van der Waals surface area contributed by atoms with E-state index in [9.17, 15) is 9.59 Å². The zero-order valence-electron chi connectivity index (χ0n) is 15.5. The lowest BCUT2D eigenvalue weighted by atomic mass is 9.96. The Bertz CT molecular complexity index is 583. The molecule has 0 heterocycles. The third-order valence-electron chi connectivity index (χ3n) is 4.04. The molecule has 146 valence electrons. The molecule has 0 amide bonds. The van der Waals surface area contributed by atoms with Crippen LogP contribution in [0.2, 0.25) is 0 Å². The van der Waals surface area contributed by atoms with E-state index in [0.717, 1.165) is 25.7 Å². The van der Waals surface area contributed by atoms with Gasteiger partial charge in [0.25, 0.3) is 0 Å². The molecule has 0 atom stereocenters. The van der Waals surface area contributed by atoms with Crippen molar-refractivity contribution in [1.82, 2.24) is 0 Å². The van der Waals surface area contributed by atoms with Crippen molar-refractivity contribution in [3.63, 3.8) is 0 Å². The van der Waals surface area contributed by atoms with Crippen molar-refractivity contribution in [3.05, 3.63) is 23.3 Å². The quantitative estimate of drug-likeness (QED) is 0.174. The minimum atomic E-state index is -0.528. The van der Waals surface area contributed by atoms with Crippen LogP contribution in [0.5, 0.6) is 11.5 Å². The van der Waals surface area contributed by atoms with Gasteiger partial charge in [0, 0.05) is 12.5 Å². The number of benzene rings is 1. The second-order valence-corrected chi connectivity index (χ2v) is 6.06. The highest BCUT2D eigenvalue weighted by atomic mass is 17.1. The van der Waals surface area contributed by atoms with Crippen molar-refractivity contribution in [3.8, 4) is 11.5 Å². The molecule has 0 radical (unpaired) electrons. The number of esters is 1. The minimum absolute atomic E-state index is 0.0514. The molecule has 2 N–H and O–H groups in total. The van der Waals surface area contributed by atoms with Crippen molar-refractivity contribution in [2.45, 2.75) is 65.2 Å². The fourth-order valence-corrected chi connectivity index (χ4v) is 2.78. The Hall–Kier alpha value is -2.12. The molecule has 0 unspecified atom stereocenters. The Morgan fingerprint density at radius 3 is 2.27 bits per heavy atom. The summed E-state index contributed by atoms with van der Waals surface area (Å²) in [7, 11) is 0. The predicted octanol–water partition coefficient (Wildman–Crippen LogP) is 4.43. The van der Waals surface area contributed by atoms with E-state index in [4.69, 9.17) is 15.3 Å². The van der Waals surface area contributed by atoms with Crippen LogP contribution in [0, 0.1) is 0 Å². The van der Waals surface area contributed by atoms with Gasteiger partial charge >= 0.3 is 5.97 Å². The van der Waals surface area contributed by atoms with Crippen molar-refractivity contribution < 1.29 is 34.6 Å². The predicted molar refractivity (Wildman–Crippen MR) is 95.6 cm³/mol. The van der Waals surface area contributed by atoms with Crippen molar-refractivity contribution in [2.24, 2.45) is 0 Å². The maximum absolute atomic E-state index is 12.6.